The van der Waals surface area contributed by atoms with Gasteiger partial charge in [-0.25, -0.2) is 0 Å². The molecule has 2 aliphatic heterocycles. The second kappa shape index (κ2) is 8.97. The lowest BCUT2D eigenvalue weighted by Crippen LogP contribution is -2.44. The molecule has 2 heterocycles. The van der Waals surface area contributed by atoms with Crippen molar-refractivity contribution in [2.75, 3.05) is 26.6 Å². The van der Waals surface area contributed by atoms with Gasteiger partial charge in [-0.3, -0.25) is 4.79 Å². The lowest BCUT2D eigenvalue weighted by molar-refractivity contribution is 0.0486. The lowest BCUT2D eigenvalue weighted by Gasteiger charge is -2.38. The second-order valence-corrected chi connectivity index (χ2v) is 8.35. The van der Waals surface area contributed by atoms with E-state index in [2.05, 4.69) is 17.5 Å². The maximum Gasteiger partial charge on any atom is 0.251 e. The third-order valence-electron chi connectivity index (χ3n) is 6.53. The molecule has 1 N–H and O–H groups in total. The van der Waals surface area contributed by atoms with E-state index in [9.17, 15) is 10.1 Å². The molecule has 0 radical (unpaired) electrons. The zero-order chi connectivity index (χ0) is 22.7. The summed E-state index contributed by atoms with van der Waals surface area (Å²) in [5.41, 5.74) is 3.44. The Balaban J connectivity index is 1.43. The molecule has 0 aliphatic carbocycles. The molecule has 0 unspecified atom stereocenters. The summed E-state index contributed by atoms with van der Waals surface area (Å²) in [6.45, 7) is 1.97. The molecule has 0 saturated carbocycles. The Bertz CT molecular complexity index is 1220. The van der Waals surface area contributed by atoms with E-state index in [1.165, 1.54) is 0 Å². The van der Waals surface area contributed by atoms with Gasteiger partial charge < -0.3 is 19.5 Å². The van der Waals surface area contributed by atoms with Crippen molar-refractivity contribution in [3.63, 3.8) is 0 Å². The SMILES string of the molecule is N#Cc1ccccc1-c1ccccc1C(=O)NCC1(c2ccc3c(c2)OCO3)CCOCC1. The number of nitrogens with zero attached hydrogens (tertiary/aromatic N) is 1. The number of hydrogen-bond acceptors (Lipinski definition) is 5. The van der Waals surface area contributed by atoms with Crippen molar-refractivity contribution < 1.29 is 19.0 Å². The number of nitrogens with one attached hydrogen (secondary N) is 1. The molecule has 166 valence electrons. The molecule has 6 heteroatoms. The highest BCUT2D eigenvalue weighted by Crippen LogP contribution is 2.40. The minimum atomic E-state index is -0.256. The van der Waals surface area contributed by atoms with Gasteiger partial charge in [-0.15, -0.1) is 0 Å². The van der Waals surface area contributed by atoms with Gasteiger partial charge in [-0.05, 0) is 48.2 Å². The molecular formula is C27H24N2O4. The van der Waals surface area contributed by atoms with Gasteiger partial charge in [0.1, 0.15) is 0 Å². The predicted octanol–water partition coefficient (Wildman–Crippen LogP) is 4.43. The summed E-state index contributed by atoms with van der Waals surface area (Å²) in [6.07, 6.45) is 1.59. The normalized spacial score (nSPS) is 16.1. The molecule has 1 amide bonds. The molecule has 1 fully saturated rings. The number of nitriles is 1. The predicted molar refractivity (Wildman–Crippen MR) is 123 cm³/mol. The van der Waals surface area contributed by atoms with Crippen LogP contribution >= 0.6 is 0 Å². The third kappa shape index (κ3) is 4.04. The van der Waals surface area contributed by atoms with Crippen LogP contribution < -0.4 is 14.8 Å². The number of rotatable bonds is 5. The van der Waals surface area contributed by atoms with Crippen molar-refractivity contribution in [3.05, 3.63) is 83.4 Å². The highest BCUT2D eigenvalue weighted by Gasteiger charge is 2.36. The summed E-state index contributed by atoms with van der Waals surface area (Å²) in [7, 11) is 0. The van der Waals surface area contributed by atoms with E-state index in [4.69, 9.17) is 14.2 Å². The Kier molecular flexibility index (Phi) is 5.72. The Morgan fingerprint density at radius 3 is 2.48 bits per heavy atom. The smallest absolute Gasteiger partial charge is 0.251 e. The van der Waals surface area contributed by atoms with Crippen LogP contribution in [-0.2, 0) is 10.2 Å². The van der Waals surface area contributed by atoms with E-state index < -0.39 is 0 Å². The maximum atomic E-state index is 13.4. The van der Waals surface area contributed by atoms with Crippen LogP contribution in [-0.4, -0.2) is 32.5 Å². The standard InChI is InChI=1S/C27H24N2O4/c28-16-19-5-1-2-6-21(19)22-7-3-4-8-23(22)26(30)29-17-27(11-13-31-14-12-27)20-9-10-24-25(15-20)33-18-32-24/h1-10,15H,11-14,17-18H2,(H,29,30). The monoisotopic (exact) mass is 440 g/mol. The zero-order valence-corrected chi connectivity index (χ0v) is 18.2. The average molecular weight is 440 g/mol. The van der Waals surface area contributed by atoms with Gasteiger partial charge in [0.05, 0.1) is 11.6 Å². The van der Waals surface area contributed by atoms with Crippen LogP contribution in [0.1, 0.15) is 34.3 Å². The van der Waals surface area contributed by atoms with Gasteiger partial charge in [0, 0.05) is 36.3 Å². The summed E-state index contributed by atoms with van der Waals surface area (Å²) < 4.78 is 16.7. The highest BCUT2D eigenvalue weighted by molar-refractivity contribution is 6.01. The van der Waals surface area contributed by atoms with Gasteiger partial charge in [0.2, 0.25) is 6.79 Å². The molecule has 33 heavy (non-hydrogen) atoms. The Hall–Kier alpha value is -3.82. The number of benzene rings is 3. The first-order chi connectivity index (χ1) is 16.2. The quantitative estimate of drug-likeness (QED) is 0.635. The van der Waals surface area contributed by atoms with Crippen LogP contribution in [0.15, 0.2) is 66.7 Å². The molecule has 3 aromatic rings. The van der Waals surface area contributed by atoms with Crippen LogP contribution in [0, 0.1) is 11.3 Å². The van der Waals surface area contributed by atoms with Crippen molar-refractivity contribution >= 4 is 5.91 Å². The van der Waals surface area contributed by atoms with Crippen LogP contribution in [0.4, 0.5) is 0 Å². The summed E-state index contributed by atoms with van der Waals surface area (Å²) in [5.74, 6) is 1.32. The molecule has 6 nitrogen and oxygen atoms in total. The van der Waals surface area contributed by atoms with Gasteiger partial charge in [-0.2, -0.15) is 5.26 Å². The number of carbonyl (C=O) groups is 1. The van der Waals surface area contributed by atoms with Gasteiger partial charge >= 0.3 is 0 Å². The Morgan fingerprint density at radius 1 is 0.939 bits per heavy atom. The van der Waals surface area contributed by atoms with E-state index in [-0.39, 0.29) is 18.1 Å². The molecule has 2 aliphatic rings. The van der Waals surface area contributed by atoms with Crippen LogP contribution in [0.25, 0.3) is 11.1 Å². The number of amides is 1. The lowest BCUT2D eigenvalue weighted by atomic mass is 9.74. The van der Waals surface area contributed by atoms with E-state index >= 15 is 0 Å². The summed E-state index contributed by atoms with van der Waals surface area (Å²) in [4.78, 5) is 13.4. The summed E-state index contributed by atoms with van der Waals surface area (Å²) >= 11 is 0. The van der Waals surface area contributed by atoms with Crippen molar-refractivity contribution in [2.45, 2.75) is 18.3 Å². The van der Waals surface area contributed by atoms with E-state index in [1.807, 2.05) is 48.5 Å². The molecular weight excluding hydrogens is 416 g/mol. The minimum absolute atomic E-state index is 0.162. The molecule has 0 atom stereocenters. The summed E-state index contributed by atoms with van der Waals surface area (Å²) in [6, 6.07) is 23.0. The fraction of sp³-hybridized carbons (Fsp3) is 0.259. The molecule has 0 aromatic heterocycles. The fourth-order valence-electron chi connectivity index (χ4n) is 4.63. The van der Waals surface area contributed by atoms with Crippen molar-refractivity contribution in [2.24, 2.45) is 0 Å². The van der Waals surface area contributed by atoms with Crippen molar-refractivity contribution in [1.29, 1.82) is 5.26 Å². The number of hydrogen-bond donors (Lipinski definition) is 1. The Morgan fingerprint density at radius 2 is 1.67 bits per heavy atom. The van der Waals surface area contributed by atoms with Crippen molar-refractivity contribution in [3.8, 4) is 28.7 Å². The largest absolute Gasteiger partial charge is 0.454 e. The number of carbonyl (C=O) groups excluding carboxylic acids is 1. The minimum Gasteiger partial charge on any atom is -0.454 e. The van der Waals surface area contributed by atoms with Crippen LogP contribution in [0.2, 0.25) is 0 Å². The van der Waals surface area contributed by atoms with E-state index in [0.29, 0.717) is 30.9 Å². The molecule has 0 spiro atoms. The Labute approximate surface area is 192 Å². The highest BCUT2D eigenvalue weighted by atomic mass is 16.7. The number of fused-ring (bicyclic) bond motifs is 1. The van der Waals surface area contributed by atoms with Gasteiger partial charge in [0.25, 0.3) is 5.91 Å². The maximum absolute atomic E-state index is 13.4. The first kappa shape index (κ1) is 21.0. The fourth-order valence-corrected chi connectivity index (χ4v) is 4.63. The molecule has 1 saturated heterocycles. The van der Waals surface area contributed by atoms with Gasteiger partial charge in [0.15, 0.2) is 11.5 Å². The van der Waals surface area contributed by atoms with Gasteiger partial charge in [-0.1, -0.05) is 42.5 Å². The third-order valence-corrected chi connectivity index (χ3v) is 6.53. The van der Waals surface area contributed by atoms with E-state index in [1.54, 1.807) is 12.1 Å². The molecule has 0 bridgehead atoms. The molecule has 5 rings (SSSR count). The first-order valence-electron chi connectivity index (χ1n) is 11.0. The van der Waals surface area contributed by atoms with Crippen molar-refractivity contribution in [1.82, 2.24) is 5.32 Å². The second-order valence-electron chi connectivity index (χ2n) is 8.35. The van der Waals surface area contributed by atoms with Crippen LogP contribution in [0.3, 0.4) is 0 Å². The molecule has 3 aromatic carbocycles. The zero-order valence-electron chi connectivity index (χ0n) is 18.2. The number of ether oxygens (including phenoxy) is 3. The van der Waals surface area contributed by atoms with Crippen LogP contribution in [0.5, 0.6) is 11.5 Å². The average Bonchev–Trinajstić information content (AvgIpc) is 3.36. The summed E-state index contributed by atoms with van der Waals surface area (Å²) in [5, 5.41) is 12.7. The first-order valence-corrected chi connectivity index (χ1v) is 11.0. The topological polar surface area (TPSA) is 80.6 Å². The van der Waals surface area contributed by atoms with E-state index in [0.717, 1.165) is 41.0 Å².